The molecular formula is C15H22ClN3O. The Bertz CT molecular complexity index is 522. The second kappa shape index (κ2) is 7.80. The number of ether oxygens (including phenoxy) is 1. The number of hydrogen-bond donors (Lipinski definition) is 1. The quantitative estimate of drug-likeness (QED) is 0.826. The van der Waals surface area contributed by atoms with Gasteiger partial charge in [0.2, 0.25) is 5.95 Å². The molecule has 2 aromatic rings. The van der Waals surface area contributed by atoms with Gasteiger partial charge in [0.1, 0.15) is 5.75 Å². The summed E-state index contributed by atoms with van der Waals surface area (Å²) in [4.78, 5) is 4.42. The Labute approximate surface area is 126 Å². The first-order chi connectivity index (χ1) is 9.24. The first kappa shape index (κ1) is 16.4. The average molecular weight is 296 g/mol. The van der Waals surface area contributed by atoms with Crippen molar-refractivity contribution in [2.45, 2.75) is 32.7 Å². The van der Waals surface area contributed by atoms with Crippen LogP contribution in [0.25, 0.3) is 11.3 Å². The molecule has 0 fully saturated rings. The lowest BCUT2D eigenvalue weighted by Crippen LogP contribution is -2.02. The number of aryl methyl sites for hydroxylation is 1. The van der Waals surface area contributed by atoms with Crippen LogP contribution in [0.1, 0.15) is 26.2 Å². The maximum absolute atomic E-state index is 5.94. The number of aromatic nitrogens is 2. The molecule has 20 heavy (non-hydrogen) atoms. The lowest BCUT2D eigenvalue weighted by molar-refractivity contribution is 0.415. The van der Waals surface area contributed by atoms with E-state index < -0.39 is 0 Å². The van der Waals surface area contributed by atoms with Gasteiger partial charge < -0.3 is 15.0 Å². The Balaban J connectivity index is 0.00000200. The third-order valence-corrected chi connectivity index (χ3v) is 3.20. The minimum absolute atomic E-state index is 0. The number of nitrogens with two attached hydrogens (primary N) is 1. The summed E-state index contributed by atoms with van der Waals surface area (Å²) >= 11 is 0. The molecule has 2 N–H and O–H groups in total. The molecule has 0 spiro atoms. The maximum Gasteiger partial charge on any atom is 0.200 e. The monoisotopic (exact) mass is 295 g/mol. The fourth-order valence-electron chi connectivity index (χ4n) is 2.04. The average Bonchev–Trinajstić information content (AvgIpc) is 2.81. The van der Waals surface area contributed by atoms with Crippen LogP contribution in [0.3, 0.4) is 0 Å². The van der Waals surface area contributed by atoms with Crippen LogP contribution in [0.5, 0.6) is 5.75 Å². The molecule has 0 saturated carbocycles. The van der Waals surface area contributed by atoms with Crippen molar-refractivity contribution in [1.82, 2.24) is 9.55 Å². The fourth-order valence-corrected chi connectivity index (χ4v) is 2.04. The summed E-state index contributed by atoms with van der Waals surface area (Å²) in [5.74, 6) is 1.43. The van der Waals surface area contributed by atoms with E-state index in [2.05, 4.69) is 11.9 Å². The van der Waals surface area contributed by atoms with Crippen LogP contribution in [0.15, 0.2) is 30.5 Å². The van der Waals surface area contributed by atoms with Crippen molar-refractivity contribution in [1.29, 1.82) is 0 Å². The van der Waals surface area contributed by atoms with E-state index in [1.807, 2.05) is 35.0 Å². The van der Waals surface area contributed by atoms with Gasteiger partial charge in [0.05, 0.1) is 12.8 Å². The van der Waals surface area contributed by atoms with Gasteiger partial charge in [0.15, 0.2) is 0 Å². The van der Waals surface area contributed by atoms with Gasteiger partial charge in [-0.05, 0) is 30.7 Å². The van der Waals surface area contributed by atoms with Gasteiger partial charge in [-0.2, -0.15) is 0 Å². The predicted molar refractivity (Wildman–Crippen MR) is 85.4 cm³/mol. The third-order valence-electron chi connectivity index (χ3n) is 3.20. The van der Waals surface area contributed by atoms with Gasteiger partial charge in [-0.1, -0.05) is 19.8 Å². The summed E-state index contributed by atoms with van der Waals surface area (Å²) in [7, 11) is 1.66. The highest BCUT2D eigenvalue weighted by Crippen LogP contribution is 2.22. The van der Waals surface area contributed by atoms with Crippen LogP contribution in [0.4, 0.5) is 5.95 Å². The number of halogens is 1. The van der Waals surface area contributed by atoms with Crippen molar-refractivity contribution in [3.63, 3.8) is 0 Å². The summed E-state index contributed by atoms with van der Waals surface area (Å²) in [6, 6.07) is 7.86. The number of methoxy groups -OCH3 is 1. The molecule has 2 rings (SSSR count). The van der Waals surface area contributed by atoms with Crippen LogP contribution in [-0.4, -0.2) is 16.7 Å². The van der Waals surface area contributed by atoms with Crippen LogP contribution in [-0.2, 0) is 6.54 Å². The van der Waals surface area contributed by atoms with Gasteiger partial charge in [0.25, 0.3) is 0 Å². The summed E-state index contributed by atoms with van der Waals surface area (Å²) in [5, 5.41) is 0. The van der Waals surface area contributed by atoms with E-state index in [0.717, 1.165) is 30.0 Å². The van der Waals surface area contributed by atoms with Crippen molar-refractivity contribution < 1.29 is 4.74 Å². The molecule has 0 bridgehead atoms. The zero-order valence-electron chi connectivity index (χ0n) is 12.0. The molecule has 1 aromatic carbocycles. The van der Waals surface area contributed by atoms with E-state index >= 15 is 0 Å². The second-order valence-electron chi connectivity index (χ2n) is 4.61. The van der Waals surface area contributed by atoms with Gasteiger partial charge in [-0.25, -0.2) is 4.98 Å². The molecule has 1 heterocycles. The molecule has 0 aliphatic heterocycles. The summed E-state index contributed by atoms with van der Waals surface area (Å²) in [5.41, 5.74) is 7.91. The Hall–Kier alpha value is -1.68. The van der Waals surface area contributed by atoms with E-state index in [1.54, 1.807) is 7.11 Å². The largest absolute Gasteiger partial charge is 0.497 e. The third kappa shape index (κ3) is 3.90. The number of hydrogen-bond acceptors (Lipinski definition) is 3. The molecule has 0 aliphatic carbocycles. The van der Waals surface area contributed by atoms with Crippen molar-refractivity contribution in [2.24, 2.45) is 0 Å². The van der Waals surface area contributed by atoms with Crippen LogP contribution in [0, 0.1) is 0 Å². The summed E-state index contributed by atoms with van der Waals surface area (Å²) in [6.45, 7) is 3.13. The standard InChI is InChI=1S/C15H21N3O.ClH/c1-3-4-5-10-18-11-14(17-15(18)16)12-6-8-13(19-2)9-7-12;/h6-9,11H,3-5,10H2,1-2H3,(H2,16,17);1H. The molecule has 0 aliphatic rings. The number of imidazole rings is 1. The van der Waals surface area contributed by atoms with E-state index in [4.69, 9.17) is 10.5 Å². The van der Waals surface area contributed by atoms with Crippen molar-refractivity contribution in [2.75, 3.05) is 12.8 Å². The topological polar surface area (TPSA) is 53.1 Å². The van der Waals surface area contributed by atoms with Gasteiger partial charge in [-0.3, -0.25) is 0 Å². The number of unbranched alkanes of at least 4 members (excludes halogenated alkanes) is 2. The van der Waals surface area contributed by atoms with Gasteiger partial charge in [0, 0.05) is 18.3 Å². The number of nitrogen functional groups attached to an aromatic ring is 1. The molecule has 0 saturated heterocycles. The number of anilines is 1. The fraction of sp³-hybridized carbons (Fsp3) is 0.400. The SMILES string of the molecule is CCCCCn1cc(-c2ccc(OC)cc2)nc1N.Cl. The summed E-state index contributed by atoms with van der Waals surface area (Å²) in [6.07, 6.45) is 5.58. The molecule has 0 radical (unpaired) electrons. The van der Waals surface area contributed by atoms with Crippen molar-refractivity contribution >= 4 is 18.4 Å². The zero-order chi connectivity index (χ0) is 13.7. The first-order valence-corrected chi connectivity index (χ1v) is 6.71. The lowest BCUT2D eigenvalue weighted by Gasteiger charge is -2.02. The molecule has 0 amide bonds. The van der Waals surface area contributed by atoms with Crippen LogP contribution >= 0.6 is 12.4 Å². The minimum atomic E-state index is 0. The smallest absolute Gasteiger partial charge is 0.200 e. The normalized spacial score (nSPS) is 10.1. The number of benzene rings is 1. The zero-order valence-corrected chi connectivity index (χ0v) is 12.8. The van der Waals surface area contributed by atoms with E-state index in [0.29, 0.717) is 5.95 Å². The van der Waals surface area contributed by atoms with Crippen molar-refractivity contribution in [3.05, 3.63) is 30.5 Å². The Morgan fingerprint density at radius 3 is 2.50 bits per heavy atom. The molecule has 0 unspecified atom stereocenters. The molecule has 0 atom stereocenters. The maximum atomic E-state index is 5.94. The first-order valence-electron chi connectivity index (χ1n) is 6.71. The highest BCUT2D eigenvalue weighted by molar-refractivity contribution is 5.85. The van der Waals surface area contributed by atoms with E-state index in [-0.39, 0.29) is 12.4 Å². The van der Waals surface area contributed by atoms with Gasteiger partial charge in [-0.15, -0.1) is 12.4 Å². The Morgan fingerprint density at radius 1 is 1.20 bits per heavy atom. The van der Waals surface area contributed by atoms with E-state index in [9.17, 15) is 0 Å². The van der Waals surface area contributed by atoms with Crippen LogP contribution in [0.2, 0.25) is 0 Å². The van der Waals surface area contributed by atoms with Crippen molar-refractivity contribution in [3.8, 4) is 17.0 Å². The molecule has 5 heteroatoms. The second-order valence-corrected chi connectivity index (χ2v) is 4.61. The molecule has 4 nitrogen and oxygen atoms in total. The highest BCUT2D eigenvalue weighted by atomic mass is 35.5. The highest BCUT2D eigenvalue weighted by Gasteiger charge is 2.06. The lowest BCUT2D eigenvalue weighted by atomic mass is 10.1. The number of rotatable bonds is 6. The number of nitrogens with zero attached hydrogens (tertiary/aromatic N) is 2. The van der Waals surface area contributed by atoms with E-state index in [1.165, 1.54) is 12.8 Å². The minimum Gasteiger partial charge on any atom is -0.497 e. The van der Waals surface area contributed by atoms with Crippen LogP contribution < -0.4 is 10.5 Å². The predicted octanol–water partition coefficient (Wildman–Crippen LogP) is 3.75. The molecule has 110 valence electrons. The Kier molecular flexibility index (Phi) is 6.39. The Morgan fingerprint density at radius 2 is 1.90 bits per heavy atom. The van der Waals surface area contributed by atoms with Gasteiger partial charge >= 0.3 is 0 Å². The molecular weight excluding hydrogens is 274 g/mol. The summed E-state index contributed by atoms with van der Waals surface area (Å²) < 4.78 is 7.17. The molecule has 1 aromatic heterocycles.